The number of fused-ring (bicyclic) bond motifs is 1. The van der Waals surface area contributed by atoms with Crippen molar-refractivity contribution in [2.75, 3.05) is 18.0 Å². The third kappa shape index (κ3) is 2.51. The molecular weight excluding hydrogens is 260 g/mol. The van der Waals surface area contributed by atoms with Crippen molar-refractivity contribution in [2.45, 2.75) is 25.9 Å². The van der Waals surface area contributed by atoms with Gasteiger partial charge in [0.25, 0.3) is 0 Å². The largest absolute Gasteiger partial charge is 0.344 e. The lowest BCUT2D eigenvalue weighted by molar-refractivity contribution is -0.716. The molecule has 5 heteroatoms. The highest BCUT2D eigenvalue weighted by Gasteiger charge is 2.26. The predicted molar refractivity (Wildman–Crippen MR) is 77.6 cm³/mol. The zero-order valence-corrected chi connectivity index (χ0v) is 11.9. The molecule has 0 amide bonds. The van der Waals surface area contributed by atoms with Gasteiger partial charge in [-0.25, -0.2) is 4.98 Å². The first kappa shape index (κ1) is 12.6. The van der Waals surface area contributed by atoms with E-state index in [0.29, 0.717) is 17.4 Å². The van der Waals surface area contributed by atoms with E-state index in [9.17, 15) is 0 Å². The second-order valence-corrected chi connectivity index (χ2v) is 5.72. The normalized spacial score (nSPS) is 23.8. The molecule has 2 atom stereocenters. The van der Waals surface area contributed by atoms with Crippen LogP contribution in [0.1, 0.15) is 13.8 Å². The Morgan fingerprint density at radius 1 is 1.16 bits per heavy atom. The summed E-state index contributed by atoms with van der Waals surface area (Å²) >= 11 is 6.06. The first-order valence-corrected chi connectivity index (χ1v) is 7.03. The Hall–Kier alpha value is -1.39. The second kappa shape index (κ2) is 4.94. The summed E-state index contributed by atoms with van der Waals surface area (Å²) in [6.07, 6.45) is 0. The summed E-state index contributed by atoms with van der Waals surface area (Å²) in [6.45, 7) is 6.46. The van der Waals surface area contributed by atoms with Gasteiger partial charge in [0.05, 0.1) is 18.6 Å². The predicted octanol–water partition coefficient (Wildman–Crippen LogP) is 1.44. The van der Waals surface area contributed by atoms with Crippen LogP contribution in [0.15, 0.2) is 24.3 Å². The Bertz CT molecular complexity index is 591. The Morgan fingerprint density at radius 2 is 1.84 bits per heavy atom. The molecule has 1 fully saturated rings. The molecule has 0 saturated carbocycles. The van der Waals surface area contributed by atoms with Crippen LogP contribution in [0.2, 0.25) is 5.28 Å². The van der Waals surface area contributed by atoms with Crippen LogP contribution in [0.3, 0.4) is 0 Å². The molecule has 100 valence electrons. The van der Waals surface area contributed by atoms with E-state index in [1.165, 1.54) is 0 Å². The molecule has 0 bridgehead atoms. The van der Waals surface area contributed by atoms with E-state index in [-0.39, 0.29) is 0 Å². The zero-order valence-electron chi connectivity index (χ0n) is 11.2. The molecule has 4 nitrogen and oxygen atoms in total. The molecule has 1 aliphatic rings. The Labute approximate surface area is 117 Å². The van der Waals surface area contributed by atoms with E-state index in [4.69, 9.17) is 11.6 Å². The van der Waals surface area contributed by atoms with Crippen molar-refractivity contribution in [3.05, 3.63) is 29.5 Å². The average molecular weight is 278 g/mol. The van der Waals surface area contributed by atoms with Gasteiger partial charge in [-0.15, -0.1) is 0 Å². The van der Waals surface area contributed by atoms with Crippen molar-refractivity contribution < 1.29 is 5.32 Å². The highest BCUT2D eigenvalue weighted by atomic mass is 35.5. The smallest absolute Gasteiger partial charge is 0.224 e. The van der Waals surface area contributed by atoms with Gasteiger partial charge in [-0.1, -0.05) is 12.1 Å². The number of rotatable bonds is 1. The van der Waals surface area contributed by atoms with E-state index in [2.05, 4.69) is 40.1 Å². The van der Waals surface area contributed by atoms with Crippen LogP contribution in [0.4, 0.5) is 5.82 Å². The van der Waals surface area contributed by atoms with E-state index in [0.717, 1.165) is 29.8 Å². The third-order valence-corrected chi connectivity index (χ3v) is 3.70. The van der Waals surface area contributed by atoms with E-state index >= 15 is 0 Å². The van der Waals surface area contributed by atoms with E-state index in [1.807, 2.05) is 18.2 Å². The molecule has 1 aromatic carbocycles. The lowest BCUT2D eigenvalue weighted by atomic mass is 10.1. The molecule has 0 aliphatic carbocycles. The minimum atomic E-state index is 0.323. The summed E-state index contributed by atoms with van der Waals surface area (Å²) in [5.41, 5.74) is 0.910. The van der Waals surface area contributed by atoms with Crippen molar-refractivity contribution in [2.24, 2.45) is 0 Å². The number of aromatic nitrogens is 2. The number of piperazine rings is 1. The summed E-state index contributed by atoms with van der Waals surface area (Å²) < 4.78 is 0. The number of hydrogen-bond acceptors (Lipinski definition) is 3. The molecule has 1 aromatic heterocycles. The van der Waals surface area contributed by atoms with Crippen molar-refractivity contribution in [1.29, 1.82) is 0 Å². The number of anilines is 1. The summed E-state index contributed by atoms with van der Waals surface area (Å²) in [6, 6.07) is 9.17. The van der Waals surface area contributed by atoms with Crippen LogP contribution in [0, 0.1) is 0 Å². The fourth-order valence-corrected chi connectivity index (χ4v) is 3.07. The van der Waals surface area contributed by atoms with Gasteiger partial charge >= 0.3 is 0 Å². The van der Waals surface area contributed by atoms with Gasteiger partial charge in [0.1, 0.15) is 17.9 Å². The number of halogens is 1. The van der Waals surface area contributed by atoms with Crippen molar-refractivity contribution in [3.8, 4) is 0 Å². The quantitative estimate of drug-likeness (QED) is 0.803. The highest BCUT2D eigenvalue weighted by Crippen LogP contribution is 2.25. The minimum absolute atomic E-state index is 0.323. The van der Waals surface area contributed by atoms with Crippen LogP contribution in [-0.2, 0) is 0 Å². The average Bonchev–Trinajstić information content (AvgIpc) is 2.36. The monoisotopic (exact) mass is 277 g/mol. The molecule has 0 radical (unpaired) electrons. The number of quaternary nitrogens is 1. The van der Waals surface area contributed by atoms with Crippen LogP contribution in [0.25, 0.3) is 10.9 Å². The first-order valence-electron chi connectivity index (χ1n) is 6.65. The van der Waals surface area contributed by atoms with Crippen molar-refractivity contribution in [3.63, 3.8) is 0 Å². The van der Waals surface area contributed by atoms with Gasteiger partial charge in [-0.05, 0) is 37.6 Å². The van der Waals surface area contributed by atoms with Gasteiger partial charge in [0.15, 0.2) is 0 Å². The molecular formula is C14H18ClN4+. The van der Waals surface area contributed by atoms with Crippen molar-refractivity contribution >= 4 is 28.3 Å². The summed E-state index contributed by atoms with van der Waals surface area (Å²) in [5.74, 6) is 0.961. The van der Waals surface area contributed by atoms with Gasteiger partial charge in [0.2, 0.25) is 5.28 Å². The zero-order chi connectivity index (χ0) is 13.4. The van der Waals surface area contributed by atoms with Crippen LogP contribution >= 0.6 is 11.6 Å². The third-order valence-electron chi connectivity index (χ3n) is 3.53. The molecule has 2 N–H and O–H groups in total. The Morgan fingerprint density at radius 3 is 2.58 bits per heavy atom. The summed E-state index contributed by atoms with van der Waals surface area (Å²) in [4.78, 5) is 11.1. The van der Waals surface area contributed by atoms with Crippen LogP contribution < -0.4 is 10.2 Å². The van der Waals surface area contributed by atoms with Gasteiger partial charge in [-0.3, -0.25) is 0 Å². The van der Waals surface area contributed by atoms with Crippen molar-refractivity contribution in [1.82, 2.24) is 9.97 Å². The van der Waals surface area contributed by atoms with E-state index < -0.39 is 0 Å². The number of nitrogens with zero attached hydrogens (tertiary/aromatic N) is 3. The Balaban J connectivity index is 2.08. The lowest BCUT2D eigenvalue weighted by Crippen LogP contribution is -2.99. The molecule has 0 unspecified atom stereocenters. The molecule has 0 spiro atoms. The summed E-state index contributed by atoms with van der Waals surface area (Å²) in [7, 11) is 0. The standard InChI is InChI=1S/C14H17ClN4/c1-9-7-19(8-10(2)16-9)13-11-5-3-4-6-12(11)17-14(15)18-13/h3-6,9-10,16H,7-8H2,1-2H3/p+1/t9-,10-/m0/s1. The fraction of sp³-hybridized carbons (Fsp3) is 0.429. The van der Waals surface area contributed by atoms with Crippen LogP contribution in [-0.4, -0.2) is 35.1 Å². The number of nitrogens with two attached hydrogens (primary N) is 1. The molecule has 2 heterocycles. The maximum absolute atomic E-state index is 6.06. The van der Waals surface area contributed by atoms with Crippen LogP contribution in [0.5, 0.6) is 0 Å². The number of hydrogen-bond donors (Lipinski definition) is 1. The lowest BCUT2D eigenvalue weighted by Gasteiger charge is -2.34. The maximum Gasteiger partial charge on any atom is 0.224 e. The van der Waals surface area contributed by atoms with Gasteiger partial charge in [0, 0.05) is 5.39 Å². The first-order chi connectivity index (χ1) is 9.13. The minimum Gasteiger partial charge on any atom is -0.344 e. The number of benzene rings is 1. The topological polar surface area (TPSA) is 45.6 Å². The molecule has 1 aliphatic heterocycles. The fourth-order valence-electron chi connectivity index (χ4n) is 2.90. The van der Waals surface area contributed by atoms with E-state index in [1.54, 1.807) is 0 Å². The molecule has 2 aromatic rings. The Kier molecular flexibility index (Phi) is 3.29. The summed E-state index contributed by atoms with van der Waals surface area (Å²) in [5, 5.41) is 3.80. The molecule has 3 rings (SSSR count). The SMILES string of the molecule is C[C@H]1CN(c2nc(Cl)nc3ccccc23)C[C@H](C)[NH2+]1. The second-order valence-electron chi connectivity index (χ2n) is 5.39. The molecule has 1 saturated heterocycles. The van der Waals surface area contributed by atoms with Gasteiger partial charge < -0.3 is 10.2 Å². The number of para-hydroxylation sites is 1. The molecule has 19 heavy (non-hydrogen) atoms. The highest BCUT2D eigenvalue weighted by molar-refractivity contribution is 6.28. The van der Waals surface area contributed by atoms with Gasteiger partial charge in [-0.2, -0.15) is 4.98 Å². The maximum atomic E-state index is 6.06.